The number of rotatable bonds is 1. The molecule has 0 spiro atoms. The Morgan fingerprint density at radius 3 is 2.62 bits per heavy atom. The summed E-state index contributed by atoms with van der Waals surface area (Å²) in [6, 6.07) is 10.4. The van der Waals surface area contributed by atoms with Crippen LogP contribution in [0.1, 0.15) is 5.56 Å². The van der Waals surface area contributed by atoms with E-state index in [1.54, 1.807) is 0 Å². The molecule has 1 heteroatoms. The largest absolute Gasteiger partial charge is 0.171 e. The zero-order valence-electron chi connectivity index (χ0n) is 7.35. The summed E-state index contributed by atoms with van der Waals surface area (Å²) in [6.45, 7) is 0. The Hall–Kier alpha value is -1.50. The van der Waals surface area contributed by atoms with Gasteiger partial charge in [-0.2, -0.15) is 0 Å². The second kappa shape index (κ2) is 3.95. The van der Waals surface area contributed by atoms with E-state index in [1.165, 1.54) is 11.1 Å². The lowest BCUT2D eigenvalue weighted by Crippen LogP contribution is -1.78. The molecule has 0 amide bonds. The summed E-state index contributed by atoms with van der Waals surface area (Å²) < 4.78 is 0. The Morgan fingerprint density at radius 1 is 0.923 bits per heavy atom. The molecule has 1 aliphatic rings. The molecule has 0 aromatic heterocycles. The average Bonchev–Trinajstić information content (AvgIpc) is 2.47. The number of allylic oxidation sites excluding steroid dienone is 4. The van der Waals surface area contributed by atoms with E-state index in [4.69, 9.17) is 0 Å². The molecule has 0 nitrogen and oxygen atoms in total. The topological polar surface area (TPSA) is 0 Å². The van der Waals surface area contributed by atoms with Crippen molar-refractivity contribution in [2.75, 3.05) is 0 Å². The number of benzene rings is 1. The summed E-state index contributed by atoms with van der Waals surface area (Å²) in [5, 5.41) is 0. The van der Waals surface area contributed by atoms with E-state index in [1.807, 2.05) is 19.3 Å². The highest BCUT2D eigenvalue weighted by Crippen LogP contribution is 2.16. The molecule has 0 unspecified atom stereocenters. The van der Waals surface area contributed by atoms with Crippen LogP contribution >= 0.6 is 0 Å². The van der Waals surface area contributed by atoms with E-state index in [0.29, 0.717) is 0 Å². The van der Waals surface area contributed by atoms with E-state index >= 15 is 0 Å². The van der Waals surface area contributed by atoms with Crippen molar-refractivity contribution in [3.05, 3.63) is 66.1 Å². The third-order valence-corrected chi connectivity index (χ3v) is 1.99. The first-order valence-electron chi connectivity index (χ1n) is 4.40. The van der Waals surface area contributed by atoms with Crippen molar-refractivity contribution in [1.29, 1.82) is 0 Å². The van der Waals surface area contributed by atoms with E-state index < -0.39 is 0 Å². The van der Waals surface area contributed by atoms with E-state index in [9.17, 15) is 0 Å². The van der Waals surface area contributed by atoms with Gasteiger partial charge in [-0.15, -0.1) is 12.0 Å². The lowest BCUT2D eigenvalue weighted by atomic mass is 9.79. The van der Waals surface area contributed by atoms with E-state index in [-0.39, 0.29) is 0 Å². The quantitative estimate of drug-likeness (QED) is 0.561. The van der Waals surface area contributed by atoms with E-state index in [2.05, 4.69) is 48.5 Å². The van der Waals surface area contributed by atoms with Gasteiger partial charge < -0.3 is 0 Å². The van der Waals surface area contributed by atoms with Crippen molar-refractivity contribution in [3.63, 3.8) is 0 Å². The van der Waals surface area contributed by atoms with Crippen LogP contribution in [-0.2, 0) is 0 Å². The van der Waals surface area contributed by atoms with Crippen LogP contribution in [-0.4, -0.2) is 7.28 Å². The van der Waals surface area contributed by atoms with Crippen LogP contribution < -0.4 is 0 Å². The third-order valence-electron chi connectivity index (χ3n) is 1.99. The molecular formula is C12H10B. The summed E-state index contributed by atoms with van der Waals surface area (Å²) >= 11 is 0. The van der Waals surface area contributed by atoms with Crippen molar-refractivity contribution >= 4 is 12.9 Å². The summed E-state index contributed by atoms with van der Waals surface area (Å²) in [4.78, 5) is 0. The van der Waals surface area contributed by atoms with Crippen LogP contribution in [0.5, 0.6) is 0 Å². The van der Waals surface area contributed by atoms with Crippen molar-refractivity contribution in [1.82, 2.24) is 0 Å². The Kier molecular flexibility index (Phi) is 2.47. The number of hydrogen-bond donors (Lipinski definition) is 0. The van der Waals surface area contributed by atoms with Gasteiger partial charge in [-0.1, -0.05) is 48.6 Å². The summed E-state index contributed by atoms with van der Waals surface area (Å²) in [7, 11) is 2.03. The SMILES string of the molecule is [B]1C=CC=C(c2ccccc2)C=C1. The summed E-state index contributed by atoms with van der Waals surface area (Å²) in [6.07, 6.45) is 6.30. The molecule has 0 atom stereocenters. The minimum atomic E-state index is 1.26. The zero-order chi connectivity index (χ0) is 8.93. The maximum absolute atomic E-state index is 2.12. The Balaban J connectivity index is 2.36. The second-order valence-corrected chi connectivity index (χ2v) is 2.92. The fraction of sp³-hybridized carbons (Fsp3) is 0. The van der Waals surface area contributed by atoms with Crippen LogP contribution in [0, 0.1) is 0 Å². The number of hydrogen-bond acceptors (Lipinski definition) is 0. The smallest absolute Gasteiger partial charge is 0.117 e. The average molecular weight is 165 g/mol. The minimum Gasteiger partial charge on any atom is -0.117 e. The standard InChI is InChI=1S/C12H10B/c1-2-5-11(6-3-1)12-7-4-9-13-10-8-12/h1-10H. The van der Waals surface area contributed by atoms with Gasteiger partial charge in [0.1, 0.15) is 0 Å². The summed E-state index contributed by atoms with van der Waals surface area (Å²) in [5.74, 6) is 4.09. The third kappa shape index (κ3) is 2.00. The Morgan fingerprint density at radius 2 is 1.77 bits per heavy atom. The van der Waals surface area contributed by atoms with Gasteiger partial charge in [-0.3, -0.25) is 0 Å². The van der Waals surface area contributed by atoms with Crippen LogP contribution in [0.15, 0.2) is 60.5 Å². The Labute approximate surface area is 79.5 Å². The molecule has 1 aliphatic heterocycles. The van der Waals surface area contributed by atoms with Crippen molar-refractivity contribution in [2.24, 2.45) is 0 Å². The fourth-order valence-electron chi connectivity index (χ4n) is 1.33. The Bertz CT molecular complexity index is 358. The van der Waals surface area contributed by atoms with Gasteiger partial charge in [0.2, 0.25) is 0 Å². The van der Waals surface area contributed by atoms with Gasteiger partial charge in [-0.05, 0) is 11.1 Å². The van der Waals surface area contributed by atoms with Crippen molar-refractivity contribution in [2.45, 2.75) is 0 Å². The summed E-state index contributed by atoms with van der Waals surface area (Å²) in [5.41, 5.74) is 2.52. The molecule has 2 rings (SSSR count). The lowest BCUT2D eigenvalue weighted by Gasteiger charge is -1.99. The molecule has 0 bridgehead atoms. The van der Waals surface area contributed by atoms with Crippen LogP contribution in [0.2, 0.25) is 0 Å². The maximum atomic E-state index is 2.12. The molecule has 1 aromatic rings. The van der Waals surface area contributed by atoms with Gasteiger partial charge in [-0.25, -0.2) is 0 Å². The first kappa shape index (κ1) is 8.12. The molecule has 0 saturated carbocycles. The maximum Gasteiger partial charge on any atom is 0.171 e. The van der Waals surface area contributed by atoms with Gasteiger partial charge in [0, 0.05) is 0 Å². The molecular weight excluding hydrogens is 155 g/mol. The van der Waals surface area contributed by atoms with Crippen molar-refractivity contribution in [3.8, 4) is 0 Å². The highest BCUT2D eigenvalue weighted by atomic mass is 14.0. The molecule has 13 heavy (non-hydrogen) atoms. The van der Waals surface area contributed by atoms with E-state index in [0.717, 1.165) is 0 Å². The van der Waals surface area contributed by atoms with Crippen LogP contribution in [0.25, 0.3) is 5.57 Å². The van der Waals surface area contributed by atoms with Crippen molar-refractivity contribution < 1.29 is 0 Å². The van der Waals surface area contributed by atoms with Crippen LogP contribution in [0.4, 0.5) is 0 Å². The molecule has 0 N–H and O–H groups in total. The predicted octanol–water partition coefficient (Wildman–Crippen LogP) is 2.82. The van der Waals surface area contributed by atoms with Gasteiger partial charge in [0.15, 0.2) is 7.28 Å². The normalized spacial score (nSPS) is 14.6. The first-order chi connectivity index (χ1) is 6.47. The molecule has 1 aromatic carbocycles. The monoisotopic (exact) mass is 165 g/mol. The first-order valence-corrected chi connectivity index (χ1v) is 4.40. The van der Waals surface area contributed by atoms with Crippen LogP contribution in [0.3, 0.4) is 0 Å². The second-order valence-electron chi connectivity index (χ2n) is 2.92. The van der Waals surface area contributed by atoms with Gasteiger partial charge >= 0.3 is 0 Å². The molecule has 0 aliphatic carbocycles. The molecule has 0 fully saturated rings. The molecule has 0 saturated heterocycles. The predicted molar refractivity (Wildman–Crippen MR) is 58.5 cm³/mol. The highest BCUT2D eigenvalue weighted by molar-refractivity contribution is 6.48. The molecule has 61 valence electrons. The fourth-order valence-corrected chi connectivity index (χ4v) is 1.33. The van der Waals surface area contributed by atoms with Gasteiger partial charge in [0.05, 0.1) is 0 Å². The lowest BCUT2D eigenvalue weighted by molar-refractivity contribution is 1.62. The highest BCUT2D eigenvalue weighted by Gasteiger charge is 1.95. The molecule has 1 radical (unpaired) electrons. The zero-order valence-corrected chi connectivity index (χ0v) is 7.35. The minimum absolute atomic E-state index is 1.26. The molecule has 1 heterocycles. The van der Waals surface area contributed by atoms with Gasteiger partial charge in [0.25, 0.3) is 0 Å².